The van der Waals surface area contributed by atoms with Crippen LogP contribution in [0.1, 0.15) is 47.0 Å². The van der Waals surface area contributed by atoms with Gasteiger partial charge in [-0.2, -0.15) is 0 Å². The van der Waals surface area contributed by atoms with E-state index in [1.165, 1.54) is 5.57 Å². The molecule has 0 radical (unpaired) electrons. The van der Waals surface area contributed by atoms with Gasteiger partial charge >= 0.3 is 5.97 Å². The highest BCUT2D eigenvalue weighted by molar-refractivity contribution is 5.70. The molecule has 0 saturated carbocycles. The van der Waals surface area contributed by atoms with E-state index >= 15 is 0 Å². The Bertz CT molecular complexity index is 202. The highest BCUT2D eigenvalue weighted by atomic mass is 16.4. The number of hydrogen-bond acceptors (Lipinski definition) is 1. The highest BCUT2D eigenvalue weighted by Gasteiger charge is 2.21. The van der Waals surface area contributed by atoms with Crippen molar-refractivity contribution in [1.82, 2.24) is 0 Å². The van der Waals surface area contributed by atoms with Gasteiger partial charge in [-0.1, -0.05) is 25.5 Å². The summed E-state index contributed by atoms with van der Waals surface area (Å²) in [5.41, 5.74) is 1.31. The molecular weight excluding hydrogens is 176 g/mol. The smallest absolute Gasteiger partial charge is 0.306 e. The highest BCUT2D eigenvalue weighted by Crippen LogP contribution is 2.21. The second-order valence-corrected chi connectivity index (χ2v) is 4.19. The van der Waals surface area contributed by atoms with Crippen LogP contribution in [0.5, 0.6) is 0 Å². The second kappa shape index (κ2) is 6.63. The van der Waals surface area contributed by atoms with Gasteiger partial charge in [0.2, 0.25) is 0 Å². The Hall–Kier alpha value is -0.790. The van der Waals surface area contributed by atoms with Gasteiger partial charge in [0.05, 0.1) is 5.92 Å². The minimum Gasteiger partial charge on any atom is -0.481 e. The summed E-state index contributed by atoms with van der Waals surface area (Å²) in [6, 6.07) is 0. The Kier molecular flexibility index (Phi) is 6.26. The number of carboxylic acids is 1. The molecule has 0 aromatic carbocycles. The summed E-state index contributed by atoms with van der Waals surface area (Å²) in [5.74, 6) is -0.564. The summed E-state index contributed by atoms with van der Waals surface area (Å²) in [4.78, 5) is 10.9. The molecular formula is C12H22O2. The van der Waals surface area contributed by atoms with Crippen LogP contribution < -0.4 is 0 Å². The SMILES string of the molecule is CCC(C(=O)O)C(C)CCC=C(C)C. The molecule has 0 heterocycles. The molecule has 2 unspecified atom stereocenters. The largest absolute Gasteiger partial charge is 0.481 e. The van der Waals surface area contributed by atoms with Crippen LogP contribution in [0.2, 0.25) is 0 Å². The van der Waals surface area contributed by atoms with Crippen LogP contribution in [0.4, 0.5) is 0 Å². The molecule has 0 aliphatic rings. The lowest BCUT2D eigenvalue weighted by Gasteiger charge is -2.17. The van der Waals surface area contributed by atoms with Gasteiger partial charge in [0.15, 0.2) is 0 Å². The van der Waals surface area contributed by atoms with Crippen LogP contribution in [0.15, 0.2) is 11.6 Å². The van der Waals surface area contributed by atoms with Crippen LogP contribution in [-0.4, -0.2) is 11.1 Å². The van der Waals surface area contributed by atoms with Crippen molar-refractivity contribution in [2.45, 2.75) is 47.0 Å². The Morgan fingerprint density at radius 2 is 2.00 bits per heavy atom. The van der Waals surface area contributed by atoms with Crippen molar-refractivity contribution in [3.05, 3.63) is 11.6 Å². The fourth-order valence-electron chi connectivity index (χ4n) is 1.66. The zero-order chi connectivity index (χ0) is 11.1. The molecule has 0 saturated heterocycles. The maximum Gasteiger partial charge on any atom is 0.306 e. The molecule has 82 valence electrons. The topological polar surface area (TPSA) is 37.3 Å². The first kappa shape index (κ1) is 13.2. The van der Waals surface area contributed by atoms with E-state index in [4.69, 9.17) is 5.11 Å². The Balaban J connectivity index is 3.99. The van der Waals surface area contributed by atoms with E-state index in [0.29, 0.717) is 0 Å². The standard InChI is InChI=1S/C12H22O2/c1-5-11(12(13)14)10(4)8-6-7-9(2)3/h7,10-11H,5-6,8H2,1-4H3,(H,13,14). The van der Waals surface area contributed by atoms with Crippen molar-refractivity contribution in [2.75, 3.05) is 0 Å². The number of rotatable bonds is 6. The molecule has 0 aliphatic heterocycles. The molecule has 2 nitrogen and oxygen atoms in total. The number of hydrogen-bond donors (Lipinski definition) is 1. The van der Waals surface area contributed by atoms with Crippen molar-refractivity contribution in [3.63, 3.8) is 0 Å². The molecule has 0 bridgehead atoms. The minimum atomic E-state index is -0.655. The Morgan fingerprint density at radius 1 is 1.43 bits per heavy atom. The van der Waals surface area contributed by atoms with E-state index in [9.17, 15) is 4.79 Å². The molecule has 0 rings (SSSR count). The molecule has 0 aromatic heterocycles. The van der Waals surface area contributed by atoms with Gasteiger partial charge in [-0.05, 0) is 39.0 Å². The number of allylic oxidation sites excluding steroid dienone is 2. The normalized spacial score (nSPS) is 14.6. The summed E-state index contributed by atoms with van der Waals surface area (Å²) < 4.78 is 0. The van der Waals surface area contributed by atoms with Crippen LogP contribution in [0, 0.1) is 11.8 Å². The van der Waals surface area contributed by atoms with Crippen molar-refractivity contribution < 1.29 is 9.90 Å². The lowest BCUT2D eigenvalue weighted by atomic mass is 9.88. The maximum atomic E-state index is 10.9. The van der Waals surface area contributed by atoms with Gasteiger partial charge in [0.25, 0.3) is 0 Å². The van der Waals surface area contributed by atoms with Crippen molar-refractivity contribution in [2.24, 2.45) is 11.8 Å². The number of carbonyl (C=O) groups is 1. The first-order valence-corrected chi connectivity index (χ1v) is 5.35. The van der Waals surface area contributed by atoms with Gasteiger partial charge in [0.1, 0.15) is 0 Å². The average molecular weight is 198 g/mol. The van der Waals surface area contributed by atoms with E-state index in [2.05, 4.69) is 19.9 Å². The van der Waals surface area contributed by atoms with E-state index < -0.39 is 5.97 Å². The molecule has 0 fully saturated rings. The third kappa shape index (κ3) is 5.05. The van der Waals surface area contributed by atoms with Crippen LogP contribution in [-0.2, 0) is 4.79 Å². The first-order chi connectivity index (χ1) is 6.49. The zero-order valence-electron chi connectivity index (χ0n) is 9.71. The summed E-state index contributed by atoms with van der Waals surface area (Å²) in [6.07, 6.45) is 4.86. The fraction of sp³-hybridized carbons (Fsp3) is 0.750. The Morgan fingerprint density at radius 3 is 2.36 bits per heavy atom. The van der Waals surface area contributed by atoms with Crippen molar-refractivity contribution in [3.8, 4) is 0 Å². The zero-order valence-corrected chi connectivity index (χ0v) is 9.71. The van der Waals surface area contributed by atoms with Gasteiger partial charge in [-0.25, -0.2) is 0 Å². The quantitative estimate of drug-likeness (QED) is 0.663. The lowest BCUT2D eigenvalue weighted by molar-refractivity contribution is -0.143. The van der Waals surface area contributed by atoms with Crippen molar-refractivity contribution >= 4 is 5.97 Å². The van der Waals surface area contributed by atoms with E-state index in [0.717, 1.165) is 19.3 Å². The monoisotopic (exact) mass is 198 g/mol. The van der Waals surface area contributed by atoms with Crippen LogP contribution in [0.25, 0.3) is 0 Å². The predicted octanol–water partition coefficient (Wildman–Crippen LogP) is 3.48. The second-order valence-electron chi connectivity index (χ2n) is 4.19. The van der Waals surface area contributed by atoms with Crippen molar-refractivity contribution in [1.29, 1.82) is 0 Å². The van der Waals surface area contributed by atoms with Gasteiger partial charge < -0.3 is 5.11 Å². The minimum absolute atomic E-state index is 0.180. The third-order valence-electron chi connectivity index (χ3n) is 2.62. The van der Waals surface area contributed by atoms with Crippen LogP contribution >= 0.6 is 0 Å². The molecule has 2 atom stereocenters. The molecule has 2 heteroatoms. The summed E-state index contributed by atoms with van der Waals surface area (Å²) in [6.45, 7) is 8.11. The summed E-state index contributed by atoms with van der Waals surface area (Å²) in [5, 5.41) is 8.94. The summed E-state index contributed by atoms with van der Waals surface area (Å²) in [7, 11) is 0. The molecule has 0 amide bonds. The van der Waals surface area contributed by atoms with E-state index in [1.54, 1.807) is 0 Å². The lowest BCUT2D eigenvalue weighted by Crippen LogP contribution is -2.20. The fourth-order valence-corrected chi connectivity index (χ4v) is 1.66. The number of aliphatic carboxylic acids is 1. The first-order valence-electron chi connectivity index (χ1n) is 5.35. The number of carboxylic acid groups (broad SMARTS) is 1. The predicted molar refractivity (Wildman–Crippen MR) is 59.2 cm³/mol. The molecule has 0 spiro atoms. The van der Waals surface area contributed by atoms with E-state index in [1.807, 2.05) is 13.8 Å². The third-order valence-corrected chi connectivity index (χ3v) is 2.62. The summed E-state index contributed by atoms with van der Waals surface area (Å²) >= 11 is 0. The average Bonchev–Trinajstić information content (AvgIpc) is 2.03. The molecule has 1 N–H and O–H groups in total. The van der Waals surface area contributed by atoms with Gasteiger partial charge in [-0.15, -0.1) is 0 Å². The molecule has 14 heavy (non-hydrogen) atoms. The van der Waals surface area contributed by atoms with Crippen LogP contribution in [0.3, 0.4) is 0 Å². The Labute approximate surface area is 87.0 Å². The molecule has 0 aromatic rings. The maximum absolute atomic E-state index is 10.9. The van der Waals surface area contributed by atoms with Gasteiger partial charge in [0, 0.05) is 0 Å². The van der Waals surface area contributed by atoms with E-state index in [-0.39, 0.29) is 11.8 Å². The van der Waals surface area contributed by atoms with Gasteiger partial charge in [-0.3, -0.25) is 4.79 Å². The molecule has 0 aliphatic carbocycles.